The van der Waals surface area contributed by atoms with Gasteiger partial charge >= 0.3 is 12.0 Å². The summed E-state index contributed by atoms with van der Waals surface area (Å²) in [5.41, 5.74) is 0. The number of nitrogens with one attached hydrogen (secondary N) is 1. The number of aliphatic hydroxyl groups excluding tert-OH is 1. The van der Waals surface area contributed by atoms with Gasteiger partial charge in [-0.05, 0) is 6.42 Å². The second kappa shape index (κ2) is 6.29. The first-order valence-corrected chi connectivity index (χ1v) is 5.10. The van der Waals surface area contributed by atoms with Crippen LogP contribution in [0.25, 0.3) is 0 Å². The zero-order valence-corrected chi connectivity index (χ0v) is 8.89. The van der Waals surface area contributed by atoms with Crippen molar-refractivity contribution < 1.29 is 24.5 Å². The Bertz CT molecular complexity index is 258. The molecule has 0 aliphatic carbocycles. The number of carboxylic acid groups (broad SMARTS) is 1. The maximum atomic E-state index is 11.4. The van der Waals surface area contributed by atoms with Crippen molar-refractivity contribution in [3.05, 3.63) is 0 Å². The van der Waals surface area contributed by atoms with Gasteiger partial charge in [-0.15, -0.1) is 0 Å². The lowest BCUT2D eigenvalue weighted by Crippen LogP contribution is -2.40. The standard InChI is InChI=1S/C9H16N2O5/c12-7-1-3-11(5-7)9(15)10-2-4-16-6-8(13)14/h7,12H,1-6H2,(H,10,15)(H,13,14). The Balaban J connectivity index is 2.04. The number of ether oxygens (including phenoxy) is 1. The molecule has 1 aliphatic rings. The van der Waals surface area contributed by atoms with Crippen molar-refractivity contribution in [3.63, 3.8) is 0 Å². The first-order chi connectivity index (χ1) is 7.59. The molecule has 16 heavy (non-hydrogen) atoms. The fraction of sp³-hybridized carbons (Fsp3) is 0.778. The van der Waals surface area contributed by atoms with Gasteiger partial charge in [0.2, 0.25) is 0 Å². The van der Waals surface area contributed by atoms with Crippen molar-refractivity contribution in [2.45, 2.75) is 12.5 Å². The lowest BCUT2D eigenvalue weighted by Gasteiger charge is -2.16. The highest BCUT2D eigenvalue weighted by Crippen LogP contribution is 2.07. The van der Waals surface area contributed by atoms with Gasteiger partial charge in [-0.2, -0.15) is 0 Å². The topological polar surface area (TPSA) is 99.1 Å². The highest BCUT2D eigenvalue weighted by atomic mass is 16.5. The summed E-state index contributed by atoms with van der Waals surface area (Å²) in [4.78, 5) is 23.0. The molecule has 1 aliphatic heterocycles. The van der Waals surface area contributed by atoms with Crippen LogP contribution < -0.4 is 5.32 Å². The lowest BCUT2D eigenvalue weighted by molar-refractivity contribution is -0.142. The summed E-state index contributed by atoms with van der Waals surface area (Å²) in [6.45, 7) is 0.955. The maximum absolute atomic E-state index is 11.4. The minimum absolute atomic E-state index is 0.161. The number of urea groups is 1. The molecule has 1 rings (SSSR count). The summed E-state index contributed by atoms with van der Waals surface area (Å²) in [5.74, 6) is -1.03. The molecule has 1 unspecified atom stereocenters. The second-order valence-electron chi connectivity index (χ2n) is 3.57. The second-order valence-corrected chi connectivity index (χ2v) is 3.57. The molecule has 0 aromatic heterocycles. The van der Waals surface area contributed by atoms with Crippen LogP contribution in [-0.4, -0.2) is 66.1 Å². The number of rotatable bonds is 5. The summed E-state index contributed by atoms with van der Waals surface area (Å²) in [6.07, 6.45) is 0.164. The molecule has 0 radical (unpaired) electrons. The molecule has 0 aromatic carbocycles. The van der Waals surface area contributed by atoms with E-state index in [0.29, 0.717) is 19.5 Å². The smallest absolute Gasteiger partial charge is 0.329 e. The third kappa shape index (κ3) is 4.45. The number of hydrogen-bond acceptors (Lipinski definition) is 4. The molecule has 7 nitrogen and oxygen atoms in total. The van der Waals surface area contributed by atoms with Crippen molar-refractivity contribution >= 4 is 12.0 Å². The van der Waals surface area contributed by atoms with E-state index in [9.17, 15) is 14.7 Å². The third-order valence-electron chi connectivity index (χ3n) is 2.20. The summed E-state index contributed by atoms with van der Waals surface area (Å²) >= 11 is 0. The molecular weight excluding hydrogens is 216 g/mol. The third-order valence-corrected chi connectivity index (χ3v) is 2.20. The fourth-order valence-corrected chi connectivity index (χ4v) is 1.43. The zero-order valence-electron chi connectivity index (χ0n) is 8.89. The molecule has 0 aromatic rings. The van der Waals surface area contributed by atoms with Gasteiger partial charge in [0.1, 0.15) is 6.61 Å². The molecular formula is C9H16N2O5. The number of hydrogen-bond donors (Lipinski definition) is 3. The monoisotopic (exact) mass is 232 g/mol. The summed E-state index contributed by atoms with van der Waals surface area (Å²) < 4.78 is 4.75. The summed E-state index contributed by atoms with van der Waals surface area (Å²) in [7, 11) is 0. The fourth-order valence-electron chi connectivity index (χ4n) is 1.43. The van der Waals surface area contributed by atoms with E-state index in [0.717, 1.165) is 0 Å². The predicted molar refractivity (Wildman–Crippen MR) is 54.1 cm³/mol. The normalized spacial score (nSPS) is 19.8. The van der Waals surface area contributed by atoms with Crippen LogP contribution in [0.3, 0.4) is 0 Å². The molecule has 7 heteroatoms. The largest absolute Gasteiger partial charge is 0.480 e. The molecule has 92 valence electrons. The first kappa shape index (κ1) is 12.7. The Morgan fingerprint density at radius 2 is 2.25 bits per heavy atom. The highest BCUT2D eigenvalue weighted by Gasteiger charge is 2.23. The molecule has 1 heterocycles. The molecule has 0 spiro atoms. The Morgan fingerprint density at radius 1 is 1.50 bits per heavy atom. The number of carbonyl (C=O) groups excluding carboxylic acids is 1. The molecule has 1 atom stereocenters. The van der Waals surface area contributed by atoms with Crippen molar-refractivity contribution in [2.75, 3.05) is 32.8 Å². The van der Waals surface area contributed by atoms with Gasteiger partial charge in [0.25, 0.3) is 0 Å². The van der Waals surface area contributed by atoms with Gasteiger partial charge < -0.3 is 25.2 Å². The predicted octanol–water partition coefficient (Wildman–Crippen LogP) is -1.14. The summed E-state index contributed by atoms with van der Waals surface area (Å²) in [5, 5.41) is 20.1. The Labute approximate surface area is 93.0 Å². The Hall–Kier alpha value is -1.34. The molecule has 0 bridgehead atoms. The average Bonchev–Trinajstić information content (AvgIpc) is 2.63. The average molecular weight is 232 g/mol. The van der Waals surface area contributed by atoms with Gasteiger partial charge in [0.15, 0.2) is 0 Å². The van der Waals surface area contributed by atoms with E-state index in [1.54, 1.807) is 0 Å². The number of aliphatic carboxylic acids is 1. The number of nitrogens with zero attached hydrogens (tertiary/aromatic N) is 1. The van der Waals surface area contributed by atoms with E-state index in [-0.39, 0.29) is 25.8 Å². The van der Waals surface area contributed by atoms with Gasteiger partial charge in [-0.3, -0.25) is 0 Å². The van der Waals surface area contributed by atoms with Crippen LogP contribution in [0.1, 0.15) is 6.42 Å². The van der Waals surface area contributed by atoms with E-state index in [1.165, 1.54) is 4.90 Å². The van der Waals surface area contributed by atoms with E-state index in [2.05, 4.69) is 5.32 Å². The van der Waals surface area contributed by atoms with Crippen LogP contribution in [0.2, 0.25) is 0 Å². The zero-order chi connectivity index (χ0) is 12.0. The van der Waals surface area contributed by atoms with Crippen molar-refractivity contribution in [2.24, 2.45) is 0 Å². The number of β-amino-alcohol motifs (C(OH)–C–C–N with tert-alkyl or cyclic N) is 1. The van der Waals surface area contributed by atoms with Crippen LogP contribution in [0.4, 0.5) is 4.79 Å². The van der Waals surface area contributed by atoms with Crippen LogP contribution in [0.15, 0.2) is 0 Å². The van der Waals surface area contributed by atoms with Crippen LogP contribution >= 0.6 is 0 Å². The molecule has 2 amide bonds. The Morgan fingerprint density at radius 3 is 2.81 bits per heavy atom. The minimum Gasteiger partial charge on any atom is -0.480 e. The van der Waals surface area contributed by atoms with E-state index >= 15 is 0 Å². The van der Waals surface area contributed by atoms with Gasteiger partial charge in [0, 0.05) is 19.6 Å². The van der Waals surface area contributed by atoms with Crippen LogP contribution in [0, 0.1) is 0 Å². The van der Waals surface area contributed by atoms with Gasteiger partial charge in [-0.1, -0.05) is 0 Å². The molecule has 0 saturated carbocycles. The molecule has 3 N–H and O–H groups in total. The number of carboxylic acids is 1. The maximum Gasteiger partial charge on any atom is 0.329 e. The lowest BCUT2D eigenvalue weighted by atomic mass is 10.3. The quantitative estimate of drug-likeness (QED) is 0.520. The van der Waals surface area contributed by atoms with Crippen LogP contribution in [0.5, 0.6) is 0 Å². The van der Waals surface area contributed by atoms with Crippen molar-refractivity contribution in [1.29, 1.82) is 0 Å². The van der Waals surface area contributed by atoms with Crippen molar-refractivity contribution in [3.8, 4) is 0 Å². The van der Waals surface area contributed by atoms with Gasteiger partial charge in [-0.25, -0.2) is 9.59 Å². The first-order valence-electron chi connectivity index (χ1n) is 5.10. The number of amides is 2. The Kier molecular flexibility index (Phi) is 5.00. The SMILES string of the molecule is O=C(O)COCCNC(=O)N1CCC(O)C1. The van der Waals surface area contributed by atoms with E-state index in [4.69, 9.17) is 9.84 Å². The molecule has 1 saturated heterocycles. The number of likely N-dealkylation sites (tertiary alicyclic amines) is 1. The van der Waals surface area contributed by atoms with E-state index < -0.39 is 12.1 Å². The minimum atomic E-state index is -1.03. The van der Waals surface area contributed by atoms with Crippen LogP contribution in [-0.2, 0) is 9.53 Å². The highest BCUT2D eigenvalue weighted by molar-refractivity contribution is 5.74. The number of aliphatic hydroxyl groups is 1. The van der Waals surface area contributed by atoms with Gasteiger partial charge in [0.05, 0.1) is 12.7 Å². The van der Waals surface area contributed by atoms with Crippen molar-refractivity contribution in [1.82, 2.24) is 10.2 Å². The molecule has 1 fully saturated rings. The summed E-state index contributed by atoms with van der Waals surface area (Å²) in [6, 6.07) is -0.254. The van der Waals surface area contributed by atoms with E-state index in [1.807, 2.05) is 0 Å². The number of carbonyl (C=O) groups is 2.